The quantitative estimate of drug-likeness (QED) is 0.809. The molecule has 0 saturated carbocycles. The van der Waals surface area contributed by atoms with E-state index in [4.69, 9.17) is 9.84 Å². The van der Waals surface area contributed by atoms with E-state index in [9.17, 15) is 9.18 Å². The Balaban J connectivity index is 2.13. The Hall–Kier alpha value is -1.90. The lowest BCUT2D eigenvalue weighted by atomic mass is 10.1. The molecule has 20 heavy (non-hydrogen) atoms. The van der Waals surface area contributed by atoms with E-state index >= 15 is 0 Å². The number of anilines is 1. The third kappa shape index (κ3) is 3.80. The zero-order valence-electron chi connectivity index (χ0n) is 11.0. The standard InChI is InChI=1S/C15H16FNO3/c16-12-6-7-13(11(10-12)4-3-8-18)17-15(19)14-5-1-2-9-20-14/h6-7,10,14,18H,1-2,5,8-9H2,(H,17,19). The van der Waals surface area contributed by atoms with Crippen molar-refractivity contribution in [3.05, 3.63) is 29.6 Å². The minimum atomic E-state index is -0.465. The summed E-state index contributed by atoms with van der Waals surface area (Å²) >= 11 is 0. The van der Waals surface area contributed by atoms with Crippen molar-refractivity contribution in [1.82, 2.24) is 0 Å². The van der Waals surface area contributed by atoms with Crippen LogP contribution in [0.5, 0.6) is 0 Å². The highest BCUT2D eigenvalue weighted by molar-refractivity contribution is 5.95. The van der Waals surface area contributed by atoms with Crippen LogP contribution in [0.4, 0.5) is 10.1 Å². The van der Waals surface area contributed by atoms with Crippen LogP contribution in [0.2, 0.25) is 0 Å². The second-order valence-electron chi connectivity index (χ2n) is 4.49. The molecule has 0 spiro atoms. The van der Waals surface area contributed by atoms with E-state index in [1.54, 1.807) is 0 Å². The lowest BCUT2D eigenvalue weighted by molar-refractivity contribution is -0.129. The predicted octanol–water partition coefficient (Wildman–Crippen LogP) is 1.68. The van der Waals surface area contributed by atoms with E-state index in [1.165, 1.54) is 18.2 Å². The van der Waals surface area contributed by atoms with Gasteiger partial charge in [0.1, 0.15) is 18.5 Å². The average Bonchev–Trinajstić information content (AvgIpc) is 2.48. The molecule has 2 rings (SSSR count). The van der Waals surface area contributed by atoms with Gasteiger partial charge in [0.15, 0.2) is 0 Å². The molecule has 1 atom stereocenters. The van der Waals surface area contributed by atoms with Gasteiger partial charge < -0.3 is 15.2 Å². The molecule has 1 heterocycles. The van der Waals surface area contributed by atoms with Crippen molar-refractivity contribution < 1.29 is 19.0 Å². The average molecular weight is 277 g/mol. The molecular formula is C15H16FNO3. The third-order valence-corrected chi connectivity index (χ3v) is 3.01. The van der Waals surface area contributed by atoms with Crippen LogP contribution in [-0.4, -0.2) is 30.3 Å². The predicted molar refractivity (Wildman–Crippen MR) is 72.6 cm³/mol. The molecule has 0 radical (unpaired) electrons. The number of hydrogen-bond donors (Lipinski definition) is 2. The Kier molecular flexibility index (Phi) is 5.10. The number of aliphatic hydroxyl groups is 1. The fourth-order valence-corrected chi connectivity index (χ4v) is 2.02. The topological polar surface area (TPSA) is 58.6 Å². The van der Waals surface area contributed by atoms with Crippen LogP contribution >= 0.6 is 0 Å². The number of rotatable bonds is 2. The summed E-state index contributed by atoms with van der Waals surface area (Å²) in [6, 6.07) is 3.93. The number of amides is 1. The number of aliphatic hydroxyl groups excluding tert-OH is 1. The molecular weight excluding hydrogens is 261 g/mol. The molecule has 106 valence electrons. The molecule has 0 bridgehead atoms. The first-order chi connectivity index (χ1) is 9.70. The van der Waals surface area contributed by atoms with E-state index in [-0.39, 0.29) is 12.5 Å². The number of halogens is 1. The molecule has 1 saturated heterocycles. The van der Waals surface area contributed by atoms with E-state index in [0.717, 1.165) is 12.8 Å². The van der Waals surface area contributed by atoms with Crippen LogP contribution in [0, 0.1) is 17.7 Å². The number of carbonyl (C=O) groups excluding carboxylic acids is 1. The van der Waals surface area contributed by atoms with E-state index in [0.29, 0.717) is 24.3 Å². The number of carbonyl (C=O) groups is 1. The summed E-state index contributed by atoms with van der Waals surface area (Å²) in [6.07, 6.45) is 2.14. The van der Waals surface area contributed by atoms with Crippen molar-refractivity contribution in [2.75, 3.05) is 18.5 Å². The highest BCUT2D eigenvalue weighted by Crippen LogP contribution is 2.19. The summed E-state index contributed by atoms with van der Waals surface area (Å²) in [4.78, 5) is 12.1. The maximum absolute atomic E-state index is 13.2. The summed E-state index contributed by atoms with van der Waals surface area (Å²) in [5.74, 6) is 4.37. The second kappa shape index (κ2) is 7.04. The van der Waals surface area contributed by atoms with Gasteiger partial charge in [-0.2, -0.15) is 0 Å². The Morgan fingerprint density at radius 1 is 1.50 bits per heavy atom. The van der Waals surface area contributed by atoms with Gasteiger partial charge in [-0.1, -0.05) is 11.8 Å². The Bertz CT molecular complexity index is 542. The van der Waals surface area contributed by atoms with Crippen LogP contribution < -0.4 is 5.32 Å². The molecule has 1 aromatic rings. The van der Waals surface area contributed by atoms with Crippen LogP contribution in [0.3, 0.4) is 0 Å². The lowest BCUT2D eigenvalue weighted by Crippen LogP contribution is -2.33. The third-order valence-electron chi connectivity index (χ3n) is 3.01. The fraction of sp³-hybridized carbons (Fsp3) is 0.400. The fourth-order valence-electron chi connectivity index (χ4n) is 2.02. The molecule has 1 amide bonds. The summed E-state index contributed by atoms with van der Waals surface area (Å²) in [7, 11) is 0. The summed E-state index contributed by atoms with van der Waals surface area (Å²) in [5, 5.41) is 11.4. The van der Waals surface area contributed by atoms with Crippen molar-refractivity contribution in [2.24, 2.45) is 0 Å². The highest BCUT2D eigenvalue weighted by Gasteiger charge is 2.22. The first-order valence-electron chi connectivity index (χ1n) is 6.52. The first-order valence-corrected chi connectivity index (χ1v) is 6.52. The molecule has 1 unspecified atom stereocenters. The van der Waals surface area contributed by atoms with E-state index < -0.39 is 11.9 Å². The van der Waals surface area contributed by atoms with Crippen LogP contribution in [0.1, 0.15) is 24.8 Å². The molecule has 1 fully saturated rings. The van der Waals surface area contributed by atoms with Crippen molar-refractivity contribution in [1.29, 1.82) is 0 Å². The summed E-state index contributed by atoms with van der Waals surface area (Å²) in [5.41, 5.74) is 0.759. The molecule has 1 aliphatic rings. The van der Waals surface area contributed by atoms with Crippen molar-refractivity contribution >= 4 is 11.6 Å². The Labute approximate surface area is 116 Å². The van der Waals surface area contributed by atoms with Crippen molar-refractivity contribution in [3.8, 4) is 11.8 Å². The SMILES string of the molecule is O=C(Nc1ccc(F)cc1C#CCO)C1CCCCO1. The molecule has 1 aliphatic heterocycles. The first kappa shape index (κ1) is 14.5. The van der Waals surface area contributed by atoms with Gasteiger partial charge in [0.25, 0.3) is 5.91 Å². The molecule has 5 heteroatoms. The summed E-state index contributed by atoms with van der Waals surface area (Å²) < 4.78 is 18.6. The molecule has 4 nitrogen and oxygen atoms in total. The maximum atomic E-state index is 13.2. The number of nitrogens with one attached hydrogen (secondary N) is 1. The minimum Gasteiger partial charge on any atom is -0.384 e. The number of ether oxygens (including phenoxy) is 1. The highest BCUT2D eigenvalue weighted by atomic mass is 19.1. The monoisotopic (exact) mass is 277 g/mol. The molecule has 2 N–H and O–H groups in total. The minimum absolute atomic E-state index is 0.247. The van der Waals surface area contributed by atoms with Crippen molar-refractivity contribution in [3.63, 3.8) is 0 Å². The van der Waals surface area contributed by atoms with Gasteiger partial charge >= 0.3 is 0 Å². The largest absolute Gasteiger partial charge is 0.384 e. The van der Waals surface area contributed by atoms with Gasteiger partial charge in [0.05, 0.1) is 11.3 Å². The molecule has 0 aromatic heterocycles. The number of benzene rings is 1. The van der Waals surface area contributed by atoms with E-state index in [1.807, 2.05) is 0 Å². The Morgan fingerprint density at radius 3 is 3.05 bits per heavy atom. The van der Waals surface area contributed by atoms with Crippen LogP contribution in [0.25, 0.3) is 0 Å². The van der Waals surface area contributed by atoms with Crippen molar-refractivity contribution in [2.45, 2.75) is 25.4 Å². The zero-order valence-corrected chi connectivity index (χ0v) is 11.0. The van der Waals surface area contributed by atoms with Gasteiger partial charge in [0.2, 0.25) is 0 Å². The number of hydrogen-bond acceptors (Lipinski definition) is 3. The van der Waals surface area contributed by atoms with Crippen LogP contribution in [-0.2, 0) is 9.53 Å². The normalized spacial score (nSPS) is 18.0. The van der Waals surface area contributed by atoms with Gasteiger partial charge in [-0.25, -0.2) is 4.39 Å². The smallest absolute Gasteiger partial charge is 0.253 e. The van der Waals surface area contributed by atoms with E-state index in [2.05, 4.69) is 17.2 Å². The maximum Gasteiger partial charge on any atom is 0.253 e. The zero-order chi connectivity index (χ0) is 14.4. The van der Waals surface area contributed by atoms with Gasteiger partial charge in [0, 0.05) is 6.61 Å². The Morgan fingerprint density at radius 2 is 2.35 bits per heavy atom. The summed E-state index contributed by atoms with van der Waals surface area (Å²) in [6.45, 7) is 0.258. The van der Waals surface area contributed by atoms with Gasteiger partial charge in [-0.15, -0.1) is 0 Å². The molecule has 0 aliphatic carbocycles. The van der Waals surface area contributed by atoms with Gasteiger partial charge in [-0.3, -0.25) is 4.79 Å². The lowest BCUT2D eigenvalue weighted by Gasteiger charge is -2.22. The molecule has 1 aromatic carbocycles. The van der Waals surface area contributed by atoms with Gasteiger partial charge in [-0.05, 0) is 37.5 Å². The second-order valence-corrected chi connectivity index (χ2v) is 4.49. The van der Waals surface area contributed by atoms with Crippen LogP contribution in [0.15, 0.2) is 18.2 Å².